The Bertz CT molecular complexity index is 450. The maximum absolute atomic E-state index is 11.4. The van der Waals surface area contributed by atoms with Crippen LogP contribution in [0.3, 0.4) is 0 Å². The Morgan fingerprint density at radius 1 is 1.65 bits per heavy atom. The van der Waals surface area contributed by atoms with Gasteiger partial charge < -0.3 is 14.2 Å². The molecule has 0 saturated carbocycles. The molecule has 0 spiro atoms. The summed E-state index contributed by atoms with van der Waals surface area (Å²) in [4.78, 5) is 24.1. The third-order valence-electron chi connectivity index (χ3n) is 3.23. The molecule has 1 saturated heterocycles. The lowest BCUT2D eigenvalue weighted by molar-refractivity contribution is 0.0870. The third kappa shape index (κ3) is 2.35. The van der Waals surface area contributed by atoms with E-state index in [2.05, 4.69) is 5.16 Å². The zero-order valence-corrected chi connectivity index (χ0v) is 9.93. The predicted octanol–water partition coefficient (Wildman–Crippen LogP) is 1.30. The summed E-state index contributed by atoms with van der Waals surface area (Å²) in [6, 6.07) is 1.56. The second kappa shape index (κ2) is 4.65. The molecule has 6 nitrogen and oxygen atoms in total. The fourth-order valence-corrected chi connectivity index (χ4v) is 2.32. The van der Waals surface area contributed by atoms with Crippen molar-refractivity contribution in [1.29, 1.82) is 0 Å². The van der Waals surface area contributed by atoms with E-state index in [4.69, 9.17) is 9.26 Å². The van der Waals surface area contributed by atoms with Gasteiger partial charge in [-0.15, -0.1) is 0 Å². The smallest absolute Gasteiger partial charge is 0.409 e. The first-order valence-electron chi connectivity index (χ1n) is 5.65. The van der Waals surface area contributed by atoms with Crippen LogP contribution >= 0.6 is 0 Å². The average Bonchev–Trinajstić information content (AvgIpc) is 2.75. The Morgan fingerprint density at radius 2 is 2.41 bits per heavy atom. The van der Waals surface area contributed by atoms with Gasteiger partial charge in [-0.25, -0.2) is 4.79 Å². The van der Waals surface area contributed by atoms with Crippen molar-refractivity contribution in [1.82, 2.24) is 10.1 Å². The maximum Gasteiger partial charge on any atom is 0.409 e. The van der Waals surface area contributed by atoms with Gasteiger partial charge in [0, 0.05) is 24.6 Å². The number of piperidine rings is 1. The minimum atomic E-state index is -0.300. The molecule has 94 valence electrons. The number of hydrogen-bond acceptors (Lipinski definition) is 4. The molecular formula is C11H16N2O4. The number of hydrogen-bond donors (Lipinski definition) is 1. The van der Waals surface area contributed by atoms with Gasteiger partial charge in [0.1, 0.15) is 5.76 Å². The van der Waals surface area contributed by atoms with Crippen molar-refractivity contribution in [3.05, 3.63) is 22.2 Å². The number of carbonyl (C=O) groups excluding carboxylic acids is 1. The van der Waals surface area contributed by atoms with Crippen molar-refractivity contribution in [2.75, 3.05) is 13.7 Å². The number of aromatic nitrogens is 1. The molecule has 1 aliphatic heterocycles. The van der Waals surface area contributed by atoms with E-state index in [0.717, 1.165) is 12.8 Å². The van der Waals surface area contributed by atoms with E-state index in [1.807, 2.05) is 6.92 Å². The molecule has 0 radical (unpaired) electrons. The summed E-state index contributed by atoms with van der Waals surface area (Å²) in [5, 5.41) is 2.29. The summed E-state index contributed by atoms with van der Waals surface area (Å²) < 4.78 is 9.81. The van der Waals surface area contributed by atoms with Gasteiger partial charge in [-0.2, -0.15) is 5.16 Å². The molecule has 1 amide bonds. The summed E-state index contributed by atoms with van der Waals surface area (Å²) in [6.07, 6.45) is 1.25. The number of nitrogens with zero attached hydrogens (tertiary/aromatic N) is 1. The first-order chi connectivity index (χ1) is 8.11. The topological polar surface area (TPSA) is 75.5 Å². The van der Waals surface area contributed by atoms with Gasteiger partial charge in [0.2, 0.25) is 0 Å². The van der Waals surface area contributed by atoms with Crippen molar-refractivity contribution >= 4 is 6.09 Å². The molecule has 2 atom stereocenters. The molecular weight excluding hydrogens is 224 g/mol. The van der Waals surface area contributed by atoms with Crippen molar-refractivity contribution in [2.24, 2.45) is 0 Å². The van der Waals surface area contributed by atoms with Crippen LogP contribution < -0.4 is 5.56 Å². The van der Waals surface area contributed by atoms with Gasteiger partial charge >= 0.3 is 6.09 Å². The number of nitrogens with one attached hydrogen (secondary N) is 1. The van der Waals surface area contributed by atoms with Crippen LogP contribution in [0.5, 0.6) is 0 Å². The molecule has 1 aromatic rings. The van der Waals surface area contributed by atoms with E-state index in [1.54, 1.807) is 4.90 Å². The van der Waals surface area contributed by atoms with Crippen LogP contribution in [0.2, 0.25) is 0 Å². The molecule has 0 unspecified atom stereocenters. The minimum absolute atomic E-state index is 0.0846. The molecule has 2 rings (SSSR count). The van der Waals surface area contributed by atoms with E-state index in [-0.39, 0.29) is 23.6 Å². The van der Waals surface area contributed by atoms with Crippen LogP contribution in [0.25, 0.3) is 0 Å². The number of ether oxygens (including phenoxy) is 1. The van der Waals surface area contributed by atoms with Crippen molar-refractivity contribution in [2.45, 2.75) is 31.7 Å². The van der Waals surface area contributed by atoms with Gasteiger partial charge in [0.05, 0.1) is 7.11 Å². The Morgan fingerprint density at radius 3 is 2.94 bits per heavy atom. The van der Waals surface area contributed by atoms with E-state index in [0.29, 0.717) is 12.3 Å². The SMILES string of the molecule is COC(=O)N1CC[C@@H](c2cc(=O)[nH]o2)C[C@H]1C. The largest absolute Gasteiger partial charge is 0.453 e. The molecule has 1 fully saturated rings. The third-order valence-corrected chi connectivity index (χ3v) is 3.23. The van der Waals surface area contributed by atoms with Crippen LogP contribution in [0, 0.1) is 0 Å². The second-order valence-corrected chi connectivity index (χ2v) is 4.35. The Hall–Kier alpha value is -1.72. The van der Waals surface area contributed by atoms with Crippen LogP contribution in [0.4, 0.5) is 4.79 Å². The number of likely N-dealkylation sites (tertiary alicyclic amines) is 1. The zero-order valence-electron chi connectivity index (χ0n) is 9.93. The Labute approximate surface area is 98.5 Å². The molecule has 17 heavy (non-hydrogen) atoms. The number of aromatic amines is 1. The molecule has 1 aliphatic rings. The fourth-order valence-electron chi connectivity index (χ4n) is 2.32. The Balaban J connectivity index is 2.04. The van der Waals surface area contributed by atoms with Crippen molar-refractivity contribution in [3.63, 3.8) is 0 Å². The molecule has 0 bridgehead atoms. The summed E-state index contributed by atoms with van der Waals surface area (Å²) in [6.45, 7) is 2.58. The van der Waals surface area contributed by atoms with Gasteiger partial charge in [-0.05, 0) is 19.8 Å². The lowest BCUT2D eigenvalue weighted by Gasteiger charge is -2.35. The lowest BCUT2D eigenvalue weighted by atomic mass is 9.90. The highest BCUT2D eigenvalue weighted by Crippen LogP contribution is 2.30. The molecule has 6 heteroatoms. The van der Waals surface area contributed by atoms with Gasteiger partial charge in [-0.1, -0.05) is 0 Å². The monoisotopic (exact) mass is 240 g/mol. The molecule has 1 aromatic heterocycles. The van der Waals surface area contributed by atoms with E-state index >= 15 is 0 Å². The molecule has 2 heterocycles. The minimum Gasteiger partial charge on any atom is -0.453 e. The first-order valence-corrected chi connectivity index (χ1v) is 5.65. The maximum atomic E-state index is 11.4. The number of methoxy groups -OCH3 is 1. The van der Waals surface area contributed by atoms with Crippen LogP contribution in [0.1, 0.15) is 31.4 Å². The fraction of sp³-hybridized carbons (Fsp3) is 0.636. The van der Waals surface area contributed by atoms with Crippen molar-refractivity contribution < 1.29 is 14.1 Å². The molecule has 1 N–H and O–H groups in total. The predicted molar refractivity (Wildman–Crippen MR) is 59.9 cm³/mol. The van der Waals surface area contributed by atoms with E-state index in [1.165, 1.54) is 13.2 Å². The second-order valence-electron chi connectivity index (χ2n) is 4.35. The number of rotatable bonds is 1. The normalized spacial score (nSPS) is 24.7. The zero-order chi connectivity index (χ0) is 12.4. The van der Waals surface area contributed by atoms with Crippen molar-refractivity contribution in [3.8, 4) is 0 Å². The van der Waals surface area contributed by atoms with E-state index in [9.17, 15) is 9.59 Å². The van der Waals surface area contributed by atoms with Crippen LogP contribution in [0.15, 0.2) is 15.4 Å². The number of amides is 1. The van der Waals surface area contributed by atoms with Crippen LogP contribution in [-0.2, 0) is 4.74 Å². The number of carbonyl (C=O) groups is 1. The average molecular weight is 240 g/mol. The van der Waals surface area contributed by atoms with Crippen LogP contribution in [-0.4, -0.2) is 35.8 Å². The lowest BCUT2D eigenvalue weighted by Crippen LogP contribution is -2.44. The molecule has 0 aliphatic carbocycles. The highest BCUT2D eigenvalue weighted by Gasteiger charge is 2.31. The quantitative estimate of drug-likeness (QED) is 0.802. The Kier molecular flexibility index (Phi) is 3.21. The summed E-state index contributed by atoms with van der Waals surface area (Å²) in [5.41, 5.74) is -0.219. The van der Waals surface area contributed by atoms with Gasteiger partial charge in [0.15, 0.2) is 0 Å². The summed E-state index contributed by atoms with van der Waals surface area (Å²) in [7, 11) is 1.38. The number of H-pyrrole nitrogens is 1. The highest BCUT2D eigenvalue weighted by atomic mass is 16.5. The molecule has 0 aromatic carbocycles. The summed E-state index contributed by atoms with van der Waals surface area (Å²) in [5.74, 6) is 0.858. The standard InChI is InChI=1S/C11H16N2O4/c1-7-5-8(9-6-10(14)12-17-9)3-4-13(7)11(15)16-2/h6-8H,3-5H2,1-2H3,(H,12,14)/t7-,8-/m1/s1. The highest BCUT2D eigenvalue weighted by molar-refractivity contribution is 5.67. The first kappa shape index (κ1) is 11.8. The van der Waals surface area contributed by atoms with Gasteiger partial charge in [-0.3, -0.25) is 4.79 Å². The van der Waals surface area contributed by atoms with E-state index < -0.39 is 0 Å². The van der Waals surface area contributed by atoms with Gasteiger partial charge in [0.25, 0.3) is 5.56 Å². The summed E-state index contributed by atoms with van der Waals surface area (Å²) >= 11 is 0.